The van der Waals surface area contributed by atoms with Crippen LogP contribution in [0.1, 0.15) is 11.4 Å². The van der Waals surface area contributed by atoms with Crippen LogP contribution in [-0.2, 0) is 11.3 Å². The zero-order valence-corrected chi connectivity index (χ0v) is 12.6. The summed E-state index contributed by atoms with van der Waals surface area (Å²) in [5, 5.41) is 7.62. The lowest BCUT2D eigenvalue weighted by Gasteiger charge is -2.11. The lowest BCUT2D eigenvalue weighted by Crippen LogP contribution is -2.21. The molecular weight excluding hydrogens is 299 g/mol. The number of nitrogens with two attached hydrogens (primary N) is 1. The summed E-state index contributed by atoms with van der Waals surface area (Å²) in [4.78, 5) is 12.0. The molecule has 7 heteroatoms. The summed E-state index contributed by atoms with van der Waals surface area (Å²) < 4.78 is 1.62. The second-order valence-corrected chi connectivity index (χ2v) is 5.33. The molecule has 20 heavy (non-hydrogen) atoms. The first-order chi connectivity index (χ1) is 9.36. The lowest BCUT2D eigenvalue weighted by molar-refractivity contribution is -0.116. The van der Waals surface area contributed by atoms with Gasteiger partial charge in [-0.1, -0.05) is 23.2 Å². The topological polar surface area (TPSA) is 72.9 Å². The van der Waals surface area contributed by atoms with E-state index in [2.05, 4.69) is 10.4 Å². The van der Waals surface area contributed by atoms with Gasteiger partial charge < -0.3 is 11.1 Å². The van der Waals surface area contributed by atoms with E-state index >= 15 is 0 Å². The number of nitrogens with one attached hydrogen (secondary N) is 1. The molecule has 1 aromatic carbocycles. The van der Waals surface area contributed by atoms with Gasteiger partial charge in [0.05, 0.1) is 22.1 Å². The van der Waals surface area contributed by atoms with Gasteiger partial charge in [0.2, 0.25) is 5.91 Å². The molecule has 0 unspecified atom stereocenters. The number of benzene rings is 1. The third kappa shape index (κ3) is 3.23. The molecule has 2 rings (SSSR count). The third-order valence-corrected chi connectivity index (χ3v) is 3.26. The van der Waals surface area contributed by atoms with E-state index in [0.717, 1.165) is 11.4 Å². The van der Waals surface area contributed by atoms with Crippen molar-refractivity contribution in [2.24, 2.45) is 0 Å². The van der Waals surface area contributed by atoms with E-state index in [1.165, 1.54) is 12.1 Å². The maximum atomic E-state index is 12.0. The fourth-order valence-electron chi connectivity index (χ4n) is 1.88. The Labute approximate surface area is 126 Å². The summed E-state index contributed by atoms with van der Waals surface area (Å²) in [5.41, 5.74) is 8.25. The highest BCUT2D eigenvalue weighted by Crippen LogP contribution is 2.31. The predicted octanol–water partition coefficient (Wildman–Crippen LogP) is 3.03. The number of rotatable bonds is 3. The van der Waals surface area contributed by atoms with Crippen LogP contribution in [0.2, 0.25) is 10.0 Å². The number of halogens is 2. The second kappa shape index (κ2) is 5.73. The van der Waals surface area contributed by atoms with Gasteiger partial charge in [0, 0.05) is 10.7 Å². The SMILES string of the molecule is Cc1cc(C)n(CC(=O)Nc2c(N)cc(Cl)cc2Cl)n1. The van der Waals surface area contributed by atoms with Gasteiger partial charge in [-0.25, -0.2) is 0 Å². The van der Waals surface area contributed by atoms with Crippen LogP contribution in [0, 0.1) is 13.8 Å². The Balaban J connectivity index is 2.15. The Morgan fingerprint density at radius 3 is 2.60 bits per heavy atom. The van der Waals surface area contributed by atoms with Crippen LogP contribution in [0.15, 0.2) is 18.2 Å². The molecule has 1 heterocycles. The monoisotopic (exact) mass is 312 g/mol. The van der Waals surface area contributed by atoms with Crippen LogP contribution in [0.5, 0.6) is 0 Å². The normalized spacial score (nSPS) is 10.6. The highest BCUT2D eigenvalue weighted by atomic mass is 35.5. The van der Waals surface area contributed by atoms with Crippen molar-refractivity contribution >= 4 is 40.5 Å². The van der Waals surface area contributed by atoms with E-state index in [1.807, 2.05) is 19.9 Å². The molecule has 0 saturated heterocycles. The summed E-state index contributed by atoms with van der Waals surface area (Å²) in [6.45, 7) is 3.85. The zero-order chi connectivity index (χ0) is 14.9. The minimum Gasteiger partial charge on any atom is -0.397 e. The van der Waals surface area contributed by atoms with Crippen LogP contribution >= 0.6 is 23.2 Å². The largest absolute Gasteiger partial charge is 0.397 e. The van der Waals surface area contributed by atoms with Gasteiger partial charge in [-0.05, 0) is 32.0 Å². The van der Waals surface area contributed by atoms with Crippen LogP contribution < -0.4 is 11.1 Å². The smallest absolute Gasteiger partial charge is 0.246 e. The number of hydrogen-bond donors (Lipinski definition) is 2. The molecule has 3 N–H and O–H groups in total. The van der Waals surface area contributed by atoms with Crippen molar-refractivity contribution in [3.8, 4) is 0 Å². The number of nitrogens with zero attached hydrogens (tertiary/aromatic N) is 2. The Hall–Kier alpha value is -1.72. The molecule has 5 nitrogen and oxygen atoms in total. The fourth-order valence-corrected chi connectivity index (χ4v) is 2.43. The number of amides is 1. The van der Waals surface area contributed by atoms with Crippen LogP contribution in [0.25, 0.3) is 0 Å². The summed E-state index contributed by atoms with van der Waals surface area (Å²) in [6, 6.07) is 4.96. The molecule has 1 amide bonds. The van der Waals surface area contributed by atoms with Crippen molar-refractivity contribution in [2.45, 2.75) is 20.4 Å². The molecule has 106 valence electrons. The van der Waals surface area contributed by atoms with E-state index in [0.29, 0.717) is 21.4 Å². The maximum absolute atomic E-state index is 12.0. The molecule has 0 spiro atoms. The van der Waals surface area contributed by atoms with Crippen molar-refractivity contribution in [2.75, 3.05) is 11.1 Å². The van der Waals surface area contributed by atoms with E-state index in [1.54, 1.807) is 4.68 Å². The van der Waals surface area contributed by atoms with Crippen molar-refractivity contribution in [3.05, 3.63) is 39.6 Å². The summed E-state index contributed by atoms with van der Waals surface area (Å²) in [5.74, 6) is -0.257. The van der Waals surface area contributed by atoms with E-state index in [-0.39, 0.29) is 12.5 Å². The molecule has 0 radical (unpaired) electrons. The molecule has 0 saturated carbocycles. The van der Waals surface area contributed by atoms with Crippen LogP contribution in [-0.4, -0.2) is 15.7 Å². The quantitative estimate of drug-likeness (QED) is 0.856. The number of nitrogen functional groups attached to an aromatic ring is 1. The van der Waals surface area contributed by atoms with Gasteiger partial charge >= 0.3 is 0 Å². The Morgan fingerprint density at radius 2 is 2.05 bits per heavy atom. The summed E-state index contributed by atoms with van der Waals surface area (Å²) in [6.07, 6.45) is 0. The van der Waals surface area contributed by atoms with Gasteiger partial charge in [0.1, 0.15) is 6.54 Å². The Bertz CT molecular complexity index is 643. The number of hydrogen-bond acceptors (Lipinski definition) is 3. The third-order valence-electron chi connectivity index (χ3n) is 2.75. The molecule has 0 aliphatic rings. The number of aromatic nitrogens is 2. The molecule has 2 aromatic rings. The van der Waals surface area contributed by atoms with Crippen molar-refractivity contribution < 1.29 is 4.79 Å². The van der Waals surface area contributed by atoms with E-state index in [9.17, 15) is 4.79 Å². The van der Waals surface area contributed by atoms with E-state index in [4.69, 9.17) is 28.9 Å². The van der Waals surface area contributed by atoms with Gasteiger partial charge in [-0.15, -0.1) is 0 Å². The highest BCUT2D eigenvalue weighted by Gasteiger charge is 2.12. The fraction of sp³-hybridized carbons (Fsp3) is 0.231. The lowest BCUT2D eigenvalue weighted by atomic mass is 10.2. The number of carbonyl (C=O) groups is 1. The molecule has 1 aromatic heterocycles. The maximum Gasteiger partial charge on any atom is 0.246 e. The van der Waals surface area contributed by atoms with Crippen molar-refractivity contribution in [1.29, 1.82) is 0 Å². The molecule has 0 aliphatic heterocycles. The Morgan fingerprint density at radius 1 is 1.35 bits per heavy atom. The van der Waals surface area contributed by atoms with Crippen LogP contribution in [0.4, 0.5) is 11.4 Å². The van der Waals surface area contributed by atoms with Crippen molar-refractivity contribution in [3.63, 3.8) is 0 Å². The minimum absolute atomic E-state index is 0.0953. The molecule has 0 fully saturated rings. The first-order valence-electron chi connectivity index (χ1n) is 5.92. The first-order valence-corrected chi connectivity index (χ1v) is 6.68. The van der Waals surface area contributed by atoms with Crippen LogP contribution in [0.3, 0.4) is 0 Å². The molecule has 0 atom stereocenters. The second-order valence-electron chi connectivity index (χ2n) is 4.48. The highest BCUT2D eigenvalue weighted by molar-refractivity contribution is 6.37. The molecular formula is C13H14Cl2N4O. The summed E-state index contributed by atoms with van der Waals surface area (Å²) >= 11 is 11.8. The molecule has 0 aliphatic carbocycles. The van der Waals surface area contributed by atoms with Gasteiger partial charge in [0.25, 0.3) is 0 Å². The van der Waals surface area contributed by atoms with Gasteiger partial charge in [-0.2, -0.15) is 5.10 Å². The number of anilines is 2. The number of aryl methyl sites for hydroxylation is 2. The van der Waals surface area contributed by atoms with Gasteiger partial charge in [-0.3, -0.25) is 9.48 Å². The van der Waals surface area contributed by atoms with Crippen molar-refractivity contribution in [1.82, 2.24) is 9.78 Å². The average Bonchev–Trinajstić information content (AvgIpc) is 2.62. The van der Waals surface area contributed by atoms with E-state index < -0.39 is 0 Å². The Kier molecular flexibility index (Phi) is 4.20. The molecule has 0 bridgehead atoms. The predicted molar refractivity (Wildman–Crippen MR) is 81.2 cm³/mol. The zero-order valence-electron chi connectivity index (χ0n) is 11.1. The number of carbonyl (C=O) groups excluding carboxylic acids is 1. The first kappa shape index (κ1) is 14.7. The van der Waals surface area contributed by atoms with Gasteiger partial charge in [0.15, 0.2) is 0 Å². The minimum atomic E-state index is -0.257. The standard InChI is InChI=1S/C13H14Cl2N4O/c1-7-3-8(2)19(18-7)6-12(20)17-13-10(15)4-9(14)5-11(13)16/h3-5H,6,16H2,1-2H3,(H,17,20). The summed E-state index contributed by atoms with van der Waals surface area (Å²) in [7, 11) is 0. The average molecular weight is 313 g/mol.